The highest BCUT2D eigenvalue weighted by atomic mass is 32.1. The zero-order valence-corrected chi connectivity index (χ0v) is 10.5. The predicted molar refractivity (Wildman–Crippen MR) is 73.2 cm³/mol. The van der Waals surface area contributed by atoms with Gasteiger partial charge in [0.1, 0.15) is 0 Å². The number of piperazine rings is 1. The van der Waals surface area contributed by atoms with Crippen molar-refractivity contribution in [1.82, 2.24) is 10.2 Å². The average Bonchev–Trinajstić information content (AvgIpc) is 2.83. The molecule has 2 aromatic rings. The molecule has 1 aliphatic heterocycles. The van der Waals surface area contributed by atoms with Crippen molar-refractivity contribution in [3.63, 3.8) is 0 Å². The number of thiophene rings is 1. The summed E-state index contributed by atoms with van der Waals surface area (Å²) in [4.78, 5) is 2.35. The Hall–Kier alpha value is -0.940. The standard InChI is InChI=1S/C13H17N3S/c14-13(16-7-5-15-6-8-16)11-9-17-12-4-2-1-3-10(11)12/h1-4,9,13,15H,5-8,14H2. The van der Waals surface area contributed by atoms with E-state index < -0.39 is 0 Å². The molecule has 1 aromatic heterocycles. The number of nitrogens with zero attached hydrogens (tertiary/aromatic N) is 1. The van der Waals surface area contributed by atoms with Crippen LogP contribution in [0.3, 0.4) is 0 Å². The maximum Gasteiger partial charge on any atom is 0.0850 e. The third kappa shape index (κ3) is 2.09. The van der Waals surface area contributed by atoms with Crippen molar-refractivity contribution in [1.29, 1.82) is 0 Å². The maximum absolute atomic E-state index is 6.39. The van der Waals surface area contributed by atoms with Crippen LogP contribution in [0.15, 0.2) is 29.6 Å². The molecule has 17 heavy (non-hydrogen) atoms. The first kappa shape index (κ1) is 11.2. The number of nitrogens with one attached hydrogen (secondary N) is 1. The highest BCUT2D eigenvalue weighted by molar-refractivity contribution is 7.17. The molecule has 1 unspecified atom stereocenters. The van der Waals surface area contributed by atoms with Crippen molar-refractivity contribution in [2.45, 2.75) is 6.17 Å². The molecule has 1 aromatic carbocycles. The van der Waals surface area contributed by atoms with Gasteiger partial charge < -0.3 is 11.1 Å². The molecule has 1 atom stereocenters. The van der Waals surface area contributed by atoms with Crippen molar-refractivity contribution in [2.24, 2.45) is 5.73 Å². The Morgan fingerprint density at radius 1 is 1.24 bits per heavy atom. The summed E-state index contributed by atoms with van der Waals surface area (Å²) >= 11 is 1.78. The summed E-state index contributed by atoms with van der Waals surface area (Å²) in [5, 5.41) is 6.87. The number of rotatable bonds is 2. The Kier molecular flexibility index (Phi) is 3.11. The molecule has 0 amide bonds. The van der Waals surface area contributed by atoms with Gasteiger partial charge >= 0.3 is 0 Å². The van der Waals surface area contributed by atoms with Crippen molar-refractivity contribution in [3.8, 4) is 0 Å². The summed E-state index contributed by atoms with van der Waals surface area (Å²) in [7, 11) is 0. The molecule has 4 heteroatoms. The lowest BCUT2D eigenvalue weighted by Gasteiger charge is -2.32. The van der Waals surface area contributed by atoms with Crippen LogP contribution in [0.4, 0.5) is 0 Å². The minimum atomic E-state index is 0.0354. The molecular weight excluding hydrogens is 230 g/mol. The van der Waals surface area contributed by atoms with E-state index in [0.717, 1.165) is 26.2 Å². The fourth-order valence-electron chi connectivity index (χ4n) is 2.38. The fourth-order valence-corrected chi connectivity index (χ4v) is 3.37. The van der Waals surface area contributed by atoms with E-state index in [1.54, 1.807) is 11.3 Å². The first-order valence-corrected chi connectivity index (χ1v) is 6.91. The van der Waals surface area contributed by atoms with Crippen LogP contribution in [0.1, 0.15) is 11.7 Å². The SMILES string of the molecule is NC(c1csc2ccccc12)N1CCNCC1. The van der Waals surface area contributed by atoms with Gasteiger partial charge in [0.2, 0.25) is 0 Å². The van der Waals surface area contributed by atoms with Crippen LogP contribution < -0.4 is 11.1 Å². The lowest BCUT2D eigenvalue weighted by atomic mass is 10.1. The fraction of sp³-hybridized carbons (Fsp3) is 0.385. The minimum Gasteiger partial charge on any atom is -0.314 e. The van der Waals surface area contributed by atoms with Gasteiger partial charge in [-0.2, -0.15) is 0 Å². The Balaban J connectivity index is 1.92. The van der Waals surface area contributed by atoms with Crippen molar-refractivity contribution in [3.05, 3.63) is 35.2 Å². The summed E-state index contributed by atoms with van der Waals surface area (Å²) in [6.45, 7) is 4.14. The van der Waals surface area contributed by atoms with E-state index in [1.165, 1.54) is 15.6 Å². The second kappa shape index (κ2) is 4.74. The Morgan fingerprint density at radius 2 is 2.00 bits per heavy atom. The molecule has 0 aliphatic carbocycles. The molecule has 0 radical (unpaired) electrons. The number of benzene rings is 1. The van der Waals surface area contributed by atoms with Gasteiger partial charge in [-0.25, -0.2) is 0 Å². The van der Waals surface area contributed by atoms with Crippen LogP contribution in [0.25, 0.3) is 10.1 Å². The van der Waals surface area contributed by atoms with E-state index in [1.807, 2.05) is 0 Å². The smallest absolute Gasteiger partial charge is 0.0850 e. The molecule has 90 valence electrons. The van der Waals surface area contributed by atoms with Crippen LogP contribution in [-0.4, -0.2) is 31.1 Å². The molecule has 0 bridgehead atoms. The zero-order chi connectivity index (χ0) is 11.7. The average molecular weight is 247 g/mol. The molecule has 0 saturated carbocycles. The van der Waals surface area contributed by atoms with E-state index in [-0.39, 0.29) is 6.17 Å². The van der Waals surface area contributed by atoms with E-state index in [2.05, 4.69) is 39.9 Å². The number of nitrogens with two attached hydrogens (primary N) is 1. The molecule has 3 N–H and O–H groups in total. The predicted octanol–water partition coefficient (Wildman–Crippen LogP) is 1.76. The van der Waals surface area contributed by atoms with Gasteiger partial charge in [0.25, 0.3) is 0 Å². The molecular formula is C13H17N3S. The minimum absolute atomic E-state index is 0.0354. The van der Waals surface area contributed by atoms with Crippen molar-refractivity contribution >= 4 is 21.4 Å². The molecule has 2 heterocycles. The van der Waals surface area contributed by atoms with Gasteiger partial charge in [-0.3, -0.25) is 4.90 Å². The highest BCUT2D eigenvalue weighted by Gasteiger charge is 2.20. The quantitative estimate of drug-likeness (QED) is 0.849. The van der Waals surface area contributed by atoms with Crippen molar-refractivity contribution in [2.75, 3.05) is 26.2 Å². The summed E-state index contributed by atoms with van der Waals surface area (Å²) in [6.07, 6.45) is 0.0354. The first-order valence-electron chi connectivity index (χ1n) is 6.03. The number of hydrogen-bond acceptors (Lipinski definition) is 4. The first-order chi connectivity index (χ1) is 8.36. The number of hydrogen-bond donors (Lipinski definition) is 2. The third-order valence-corrected chi connectivity index (χ3v) is 4.36. The largest absolute Gasteiger partial charge is 0.314 e. The van der Waals surface area contributed by atoms with Gasteiger partial charge in [0.15, 0.2) is 0 Å². The van der Waals surface area contributed by atoms with E-state index in [4.69, 9.17) is 5.73 Å². The van der Waals surface area contributed by atoms with Gasteiger partial charge in [0, 0.05) is 36.4 Å². The third-order valence-electron chi connectivity index (χ3n) is 3.37. The van der Waals surface area contributed by atoms with Gasteiger partial charge in [-0.15, -0.1) is 11.3 Å². The topological polar surface area (TPSA) is 41.3 Å². The van der Waals surface area contributed by atoms with Crippen LogP contribution in [0, 0.1) is 0 Å². The monoisotopic (exact) mass is 247 g/mol. The molecule has 1 aliphatic rings. The maximum atomic E-state index is 6.39. The second-order valence-electron chi connectivity index (χ2n) is 4.42. The molecule has 3 nitrogen and oxygen atoms in total. The Labute approximate surface area is 105 Å². The van der Waals surface area contributed by atoms with E-state index >= 15 is 0 Å². The van der Waals surface area contributed by atoms with Crippen LogP contribution in [-0.2, 0) is 0 Å². The summed E-state index contributed by atoms with van der Waals surface area (Å²) in [6, 6.07) is 8.50. The highest BCUT2D eigenvalue weighted by Crippen LogP contribution is 2.30. The normalized spacial score (nSPS) is 19.6. The molecule has 0 spiro atoms. The van der Waals surface area contributed by atoms with Crippen molar-refractivity contribution < 1.29 is 0 Å². The molecule has 3 rings (SSSR count). The van der Waals surface area contributed by atoms with Crippen LogP contribution in [0.2, 0.25) is 0 Å². The number of fused-ring (bicyclic) bond motifs is 1. The Bertz CT molecular complexity index is 502. The van der Waals surface area contributed by atoms with Gasteiger partial charge in [-0.1, -0.05) is 18.2 Å². The molecule has 1 fully saturated rings. The lowest BCUT2D eigenvalue weighted by molar-refractivity contribution is 0.178. The lowest BCUT2D eigenvalue weighted by Crippen LogP contribution is -2.47. The van der Waals surface area contributed by atoms with Crippen LogP contribution in [0.5, 0.6) is 0 Å². The zero-order valence-electron chi connectivity index (χ0n) is 9.73. The van der Waals surface area contributed by atoms with E-state index in [0.29, 0.717) is 0 Å². The summed E-state index contributed by atoms with van der Waals surface area (Å²) in [5.41, 5.74) is 7.66. The summed E-state index contributed by atoms with van der Waals surface area (Å²) < 4.78 is 1.33. The van der Waals surface area contributed by atoms with Gasteiger partial charge in [-0.05, 0) is 16.8 Å². The Morgan fingerprint density at radius 3 is 2.82 bits per heavy atom. The van der Waals surface area contributed by atoms with Crippen LogP contribution >= 0.6 is 11.3 Å². The van der Waals surface area contributed by atoms with E-state index in [9.17, 15) is 0 Å². The second-order valence-corrected chi connectivity index (χ2v) is 5.33. The summed E-state index contributed by atoms with van der Waals surface area (Å²) in [5.74, 6) is 0. The van der Waals surface area contributed by atoms with Gasteiger partial charge in [0.05, 0.1) is 6.17 Å². The molecule has 1 saturated heterocycles.